The van der Waals surface area contributed by atoms with Gasteiger partial charge in [0.15, 0.2) is 0 Å². The fourth-order valence-corrected chi connectivity index (χ4v) is 5.37. The van der Waals surface area contributed by atoms with Crippen LogP contribution in [0.5, 0.6) is 5.75 Å². The third-order valence-electron chi connectivity index (χ3n) is 6.07. The van der Waals surface area contributed by atoms with Gasteiger partial charge in [-0.1, -0.05) is 25.9 Å². The molecular weight excluding hydrogens is 328 g/mol. The van der Waals surface area contributed by atoms with Crippen molar-refractivity contribution in [1.29, 1.82) is 0 Å². The lowest BCUT2D eigenvalue weighted by Crippen LogP contribution is -2.43. The lowest BCUT2D eigenvalue weighted by atomic mass is 9.65. The van der Waals surface area contributed by atoms with Crippen LogP contribution in [-0.2, 0) is 9.63 Å². The maximum atomic E-state index is 13.1. The monoisotopic (exact) mass is 356 g/mol. The number of amides is 1. The summed E-state index contributed by atoms with van der Waals surface area (Å²) in [6, 6.07) is 8.06. The molecule has 1 saturated heterocycles. The Morgan fingerprint density at radius 2 is 1.96 bits per heavy atom. The number of oxime groups is 1. The van der Waals surface area contributed by atoms with Gasteiger partial charge in [0, 0.05) is 19.0 Å². The summed E-state index contributed by atoms with van der Waals surface area (Å²) in [4.78, 5) is 20.8. The summed E-state index contributed by atoms with van der Waals surface area (Å²) < 4.78 is 5.19. The zero-order valence-electron chi connectivity index (χ0n) is 16.1. The van der Waals surface area contributed by atoms with Crippen molar-refractivity contribution in [3.63, 3.8) is 0 Å². The topological polar surface area (TPSA) is 51.1 Å². The van der Waals surface area contributed by atoms with Gasteiger partial charge in [-0.05, 0) is 59.9 Å². The molecule has 3 atom stereocenters. The van der Waals surface area contributed by atoms with Crippen LogP contribution in [0.3, 0.4) is 0 Å². The number of rotatable bonds is 3. The highest BCUT2D eigenvalue weighted by Gasteiger charge is 2.52. The van der Waals surface area contributed by atoms with Crippen LogP contribution in [0, 0.1) is 10.8 Å². The molecule has 4 rings (SSSR count). The second-order valence-electron chi connectivity index (χ2n) is 9.24. The normalized spacial score (nSPS) is 32.2. The molecule has 1 aromatic rings. The van der Waals surface area contributed by atoms with Crippen molar-refractivity contribution in [1.82, 2.24) is 4.90 Å². The first kappa shape index (κ1) is 17.4. The Hall–Kier alpha value is -2.04. The fraction of sp³-hybridized carbons (Fsp3) is 0.619. The highest BCUT2D eigenvalue weighted by Crippen LogP contribution is 2.52. The van der Waals surface area contributed by atoms with Gasteiger partial charge >= 0.3 is 0 Å². The highest BCUT2D eigenvalue weighted by molar-refractivity contribution is 6.04. The lowest BCUT2D eigenvalue weighted by Gasteiger charge is -2.39. The number of hydrogen-bond donors (Lipinski definition) is 0. The number of methoxy groups -OCH3 is 1. The third kappa shape index (κ3) is 3.08. The summed E-state index contributed by atoms with van der Waals surface area (Å²) in [5, 5.41) is 4.20. The van der Waals surface area contributed by atoms with Gasteiger partial charge in [0.25, 0.3) is 5.91 Å². The van der Waals surface area contributed by atoms with Crippen LogP contribution >= 0.6 is 0 Å². The van der Waals surface area contributed by atoms with E-state index in [1.165, 1.54) is 6.42 Å². The number of carbonyl (C=O) groups excluding carboxylic acids is 1. The van der Waals surface area contributed by atoms with Gasteiger partial charge in [-0.25, -0.2) is 0 Å². The predicted octanol–water partition coefficient (Wildman–Crippen LogP) is 3.62. The van der Waals surface area contributed by atoms with Crippen LogP contribution in [0.1, 0.15) is 52.0 Å². The Bertz CT molecular complexity index is 740. The second-order valence-corrected chi connectivity index (χ2v) is 9.24. The van der Waals surface area contributed by atoms with E-state index >= 15 is 0 Å². The van der Waals surface area contributed by atoms with E-state index in [2.05, 4.69) is 30.8 Å². The minimum atomic E-state index is -0.488. The SMILES string of the molecule is COc1ccc(C2=NO[C@@H](C(=O)N3C[C@@]4(C)C[C@H]3CC(C)(C)C4)C2)cc1. The van der Waals surface area contributed by atoms with E-state index in [0.717, 1.165) is 36.4 Å². The molecule has 2 bridgehead atoms. The molecule has 0 aromatic heterocycles. The van der Waals surface area contributed by atoms with Crippen LogP contribution in [0.25, 0.3) is 0 Å². The molecule has 2 fully saturated rings. The first-order chi connectivity index (χ1) is 12.3. The van der Waals surface area contributed by atoms with Gasteiger partial charge in [-0.3, -0.25) is 4.79 Å². The molecule has 5 heteroatoms. The Balaban J connectivity index is 1.44. The summed E-state index contributed by atoms with van der Waals surface area (Å²) in [7, 11) is 1.65. The van der Waals surface area contributed by atoms with E-state index < -0.39 is 6.10 Å². The molecule has 0 N–H and O–H groups in total. The second kappa shape index (κ2) is 6.00. The maximum absolute atomic E-state index is 13.1. The minimum Gasteiger partial charge on any atom is -0.497 e. The van der Waals surface area contributed by atoms with E-state index in [1.54, 1.807) is 7.11 Å². The third-order valence-corrected chi connectivity index (χ3v) is 6.07. The van der Waals surface area contributed by atoms with Crippen LogP contribution in [-0.4, -0.2) is 42.3 Å². The number of ether oxygens (including phenoxy) is 1. The Morgan fingerprint density at radius 1 is 1.23 bits per heavy atom. The summed E-state index contributed by atoms with van der Waals surface area (Å²) in [6.07, 6.45) is 3.42. The van der Waals surface area contributed by atoms with Crippen LogP contribution < -0.4 is 4.74 Å². The van der Waals surface area contributed by atoms with Crippen LogP contribution in [0.4, 0.5) is 0 Å². The van der Waals surface area contributed by atoms with E-state index in [9.17, 15) is 4.79 Å². The van der Waals surface area contributed by atoms with E-state index in [4.69, 9.17) is 9.57 Å². The van der Waals surface area contributed by atoms with Crippen molar-refractivity contribution < 1.29 is 14.4 Å². The summed E-state index contributed by atoms with van der Waals surface area (Å²) in [5.41, 5.74) is 2.35. The molecule has 0 radical (unpaired) electrons. The number of nitrogens with zero attached hydrogens (tertiary/aromatic N) is 2. The Morgan fingerprint density at radius 3 is 2.65 bits per heavy atom. The summed E-state index contributed by atoms with van der Waals surface area (Å²) in [5.74, 6) is 0.907. The smallest absolute Gasteiger partial charge is 0.267 e. The van der Waals surface area contributed by atoms with E-state index in [1.807, 2.05) is 24.3 Å². The largest absolute Gasteiger partial charge is 0.497 e. The van der Waals surface area contributed by atoms with Crippen molar-refractivity contribution in [3.8, 4) is 5.75 Å². The van der Waals surface area contributed by atoms with E-state index in [0.29, 0.717) is 17.9 Å². The van der Waals surface area contributed by atoms with Gasteiger partial charge in [-0.2, -0.15) is 0 Å². The molecule has 26 heavy (non-hydrogen) atoms. The molecule has 3 aliphatic rings. The molecule has 1 aromatic carbocycles. The molecular formula is C21H28N2O3. The van der Waals surface area contributed by atoms with Gasteiger partial charge < -0.3 is 14.5 Å². The van der Waals surface area contributed by atoms with Gasteiger partial charge in [-0.15, -0.1) is 0 Å². The fourth-order valence-electron chi connectivity index (χ4n) is 5.37. The van der Waals surface area contributed by atoms with Gasteiger partial charge in [0.05, 0.1) is 12.8 Å². The van der Waals surface area contributed by atoms with Crippen LogP contribution in [0.15, 0.2) is 29.4 Å². The molecule has 1 amide bonds. The maximum Gasteiger partial charge on any atom is 0.267 e. The van der Waals surface area contributed by atoms with Gasteiger partial charge in [0.2, 0.25) is 6.10 Å². The average Bonchev–Trinajstić information content (AvgIpc) is 3.16. The van der Waals surface area contributed by atoms with Crippen molar-refractivity contribution in [2.24, 2.45) is 16.0 Å². The first-order valence-corrected chi connectivity index (χ1v) is 9.46. The van der Waals surface area contributed by atoms with Crippen molar-refractivity contribution >= 4 is 11.6 Å². The minimum absolute atomic E-state index is 0.101. The zero-order valence-corrected chi connectivity index (χ0v) is 16.1. The number of hydrogen-bond acceptors (Lipinski definition) is 4. The number of likely N-dealkylation sites (tertiary alicyclic amines) is 1. The lowest BCUT2D eigenvalue weighted by molar-refractivity contribution is -0.143. The summed E-state index contributed by atoms with van der Waals surface area (Å²) in [6.45, 7) is 7.81. The number of carbonyl (C=O) groups is 1. The molecule has 0 unspecified atom stereocenters. The number of fused-ring (bicyclic) bond motifs is 2. The van der Waals surface area contributed by atoms with Gasteiger partial charge in [0.1, 0.15) is 5.75 Å². The van der Waals surface area contributed by atoms with Crippen molar-refractivity contribution in [2.45, 2.75) is 58.6 Å². The predicted molar refractivity (Wildman–Crippen MR) is 100 cm³/mol. The van der Waals surface area contributed by atoms with Crippen molar-refractivity contribution in [2.75, 3.05) is 13.7 Å². The molecule has 2 aliphatic heterocycles. The van der Waals surface area contributed by atoms with E-state index in [-0.39, 0.29) is 11.3 Å². The molecule has 0 spiro atoms. The Labute approximate surface area is 155 Å². The molecule has 140 valence electrons. The first-order valence-electron chi connectivity index (χ1n) is 9.46. The molecule has 1 saturated carbocycles. The highest BCUT2D eigenvalue weighted by atomic mass is 16.6. The quantitative estimate of drug-likeness (QED) is 0.831. The molecule has 1 aliphatic carbocycles. The van der Waals surface area contributed by atoms with Crippen LogP contribution in [0.2, 0.25) is 0 Å². The Kier molecular flexibility index (Phi) is 4.01. The number of benzene rings is 1. The molecule has 2 heterocycles. The molecule has 5 nitrogen and oxygen atoms in total. The standard InChI is InChI=1S/C21H28N2O3/c1-20(2)10-15-11-21(3,12-20)13-23(15)19(24)18-9-17(22-26-18)14-5-7-16(25-4)8-6-14/h5-8,15,18H,9-13H2,1-4H3/t15-,18-,21+/m1/s1. The summed E-state index contributed by atoms with van der Waals surface area (Å²) >= 11 is 0. The zero-order chi connectivity index (χ0) is 18.5. The van der Waals surface area contributed by atoms with Crippen molar-refractivity contribution in [3.05, 3.63) is 29.8 Å². The average molecular weight is 356 g/mol.